The van der Waals surface area contributed by atoms with E-state index in [4.69, 9.17) is 51.6 Å². The maximum absolute atomic E-state index is 14.4. The van der Waals surface area contributed by atoms with E-state index >= 15 is 0 Å². The van der Waals surface area contributed by atoms with Crippen LogP contribution in [0, 0.1) is 0 Å². The molecule has 1 fully saturated rings. The Morgan fingerprint density at radius 1 is 0.687 bits per heavy atom. The van der Waals surface area contributed by atoms with E-state index in [1.807, 2.05) is 0 Å². The lowest BCUT2D eigenvalue weighted by Crippen LogP contribution is -2.57. The monoisotopic (exact) mass is 1170 g/mol. The third-order valence-electron chi connectivity index (χ3n) is 13.0. The number of nitrogens with one attached hydrogen (secondary N) is 9. The highest BCUT2D eigenvalue weighted by molar-refractivity contribution is 6.40. The third-order valence-corrected chi connectivity index (χ3v) is 13.0. The van der Waals surface area contributed by atoms with Crippen molar-refractivity contribution in [2.45, 2.75) is 152 Å². The van der Waals surface area contributed by atoms with Gasteiger partial charge in [0.05, 0.1) is 18.9 Å². The van der Waals surface area contributed by atoms with Crippen LogP contribution in [0.2, 0.25) is 0 Å². The van der Waals surface area contributed by atoms with Gasteiger partial charge in [-0.2, -0.15) is 0 Å². The number of nitrogens with zero attached hydrogens (tertiary/aromatic N) is 4. The van der Waals surface area contributed by atoms with Crippen molar-refractivity contribution in [3.05, 3.63) is 30.0 Å². The fourth-order valence-corrected chi connectivity index (χ4v) is 8.43. The Bertz CT molecular complexity index is 2330. The number of aliphatic imine (C=N–C) groups is 2. The molecule has 0 unspecified atom stereocenters. The number of likely N-dealkylation sites (tertiary alicyclic amines) is 1. The number of aromatic amines is 1. The second-order valence-corrected chi connectivity index (χ2v) is 19.8. The molecule has 0 bridgehead atoms. The Balaban J connectivity index is 2.35. The van der Waals surface area contributed by atoms with Crippen LogP contribution in [0.4, 0.5) is 0 Å². The summed E-state index contributed by atoms with van der Waals surface area (Å²) >= 11 is 0. The molecule has 1 aromatic rings. The van der Waals surface area contributed by atoms with Gasteiger partial charge in [-0.05, 0) is 130 Å². The van der Waals surface area contributed by atoms with E-state index in [0.29, 0.717) is 70.2 Å². The van der Waals surface area contributed by atoms with Crippen LogP contribution >= 0.6 is 0 Å². The van der Waals surface area contributed by atoms with Gasteiger partial charge in [-0.1, -0.05) is 12.5 Å². The van der Waals surface area contributed by atoms with Crippen LogP contribution in [-0.2, 0) is 54.4 Å². The Kier molecular flexibility index (Phi) is 35.1. The molecule has 1 aliphatic rings. The molecule has 0 aromatic carbocycles. The number of amides is 10. The zero-order chi connectivity index (χ0) is 61.7. The average Bonchev–Trinajstić information content (AvgIpc) is 4.24. The number of carbonyl (C=O) groups excluding carboxylic acids is 10. The highest BCUT2D eigenvalue weighted by Gasteiger charge is 2.39. The molecule has 27 N–H and O–H groups in total. The number of hydrogen-bond acceptors (Lipinski definition) is 19. The molecule has 466 valence electrons. The Hall–Kier alpha value is -7.49. The lowest BCUT2D eigenvalue weighted by atomic mass is 10.1. The maximum Gasteiger partial charge on any atom is 0.269 e. The number of rotatable bonds is 41. The van der Waals surface area contributed by atoms with Crippen molar-refractivity contribution in [2.75, 3.05) is 65.4 Å². The number of carbonyl (C=O) groups is 10. The predicted molar refractivity (Wildman–Crippen MR) is 310 cm³/mol. The van der Waals surface area contributed by atoms with E-state index < -0.39 is 108 Å². The topological polar surface area (TPSA) is 558 Å². The molecule has 2 rings (SSSR count). The Morgan fingerprint density at radius 3 is 1.90 bits per heavy atom. The summed E-state index contributed by atoms with van der Waals surface area (Å²) in [6.45, 7) is 2.23. The summed E-state index contributed by atoms with van der Waals surface area (Å²) in [5.74, 6) is -7.71. The van der Waals surface area contributed by atoms with Gasteiger partial charge in [0.1, 0.15) is 47.7 Å². The van der Waals surface area contributed by atoms with Crippen molar-refractivity contribution >= 4 is 70.7 Å². The molecule has 0 radical (unpaired) electrons. The lowest BCUT2D eigenvalue weighted by Gasteiger charge is -2.28. The Labute approximate surface area is 483 Å². The number of hydrogen-bond donors (Lipinski definition) is 18. The van der Waals surface area contributed by atoms with Crippen molar-refractivity contribution in [2.24, 2.45) is 61.6 Å². The van der Waals surface area contributed by atoms with E-state index in [9.17, 15) is 47.9 Å². The van der Waals surface area contributed by atoms with Crippen LogP contribution in [0.1, 0.15) is 109 Å². The van der Waals surface area contributed by atoms with Gasteiger partial charge >= 0.3 is 0 Å². The van der Waals surface area contributed by atoms with Crippen molar-refractivity contribution < 1.29 is 47.9 Å². The Morgan fingerprint density at radius 2 is 1.30 bits per heavy atom. The van der Waals surface area contributed by atoms with Gasteiger partial charge in [0, 0.05) is 44.5 Å². The SMILES string of the molecule is C[C@H](NC(=O)[C@H](CCN)NC(=O)[C@@H](N)CCCCN)C(=O)NCC(=O)N=C(CCCN)C(=O)N1CCC[C@H]1C(=O)N[C@@H](Cc1cnc[nH]1)C(=O)N[C@@H](CCCCN)C(=O)N/C(=C\CCN=C(N)N)C(=O)N[C@@H](CCCCN)C(=O)NCCN. The van der Waals surface area contributed by atoms with Crippen LogP contribution in [0.3, 0.4) is 0 Å². The summed E-state index contributed by atoms with van der Waals surface area (Å²) in [5.41, 5.74) is 50.9. The van der Waals surface area contributed by atoms with Crippen molar-refractivity contribution in [3.8, 4) is 0 Å². The van der Waals surface area contributed by atoms with Gasteiger partial charge in [0.15, 0.2) is 5.96 Å². The van der Waals surface area contributed by atoms with Crippen molar-refractivity contribution in [1.82, 2.24) is 57.4 Å². The number of unbranched alkanes of at least 4 members (excludes halogenated alkanes) is 3. The molecule has 0 aliphatic carbocycles. The molecule has 2 heterocycles. The molecule has 1 aromatic heterocycles. The van der Waals surface area contributed by atoms with Crippen LogP contribution in [0.5, 0.6) is 0 Å². The van der Waals surface area contributed by atoms with Gasteiger partial charge < -0.3 is 104 Å². The molecule has 32 nitrogen and oxygen atoms in total. The zero-order valence-corrected chi connectivity index (χ0v) is 47.7. The highest BCUT2D eigenvalue weighted by Crippen LogP contribution is 2.20. The van der Waals surface area contributed by atoms with E-state index in [0.717, 1.165) is 0 Å². The molecule has 32 heteroatoms. The summed E-state index contributed by atoms with van der Waals surface area (Å²) in [7, 11) is 0. The van der Waals surface area contributed by atoms with E-state index in [2.05, 4.69) is 62.5 Å². The molecule has 1 aliphatic heterocycles. The van der Waals surface area contributed by atoms with E-state index in [1.54, 1.807) is 0 Å². The summed E-state index contributed by atoms with van der Waals surface area (Å²) in [4.78, 5) is 153. The van der Waals surface area contributed by atoms with Crippen LogP contribution in [0.25, 0.3) is 0 Å². The van der Waals surface area contributed by atoms with Gasteiger partial charge in [0.2, 0.25) is 41.4 Å². The van der Waals surface area contributed by atoms with Gasteiger partial charge in [0.25, 0.3) is 17.7 Å². The number of imidazole rings is 1. The number of H-pyrrole nitrogens is 1. The first-order chi connectivity index (χ1) is 39.7. The third kappa shape index (κ3) is 27.4. The second kappa shape index (κ2) is 40.7. The minimum Gasteiger partial charge on any atom is -0.370 e. The highest BCUT2D eigenvalue weighted by atomic mass is 16.2. The smallest absolute Gasteiger partial charge is 0.269 e. The molecule has 1 saturated heterocycles. The number of nitrogens with two attached hydrogens (primary N) is 9. The van der Waals surface area contributed by atoms with E-state index in [1.165, 1.54) is 30.4 Å². The lowest BCUT2D eigenvalue weighted by molar-refractivity contribution is -0.136. The molecular weight excluding hydrogens is 1080 g/mol. The standard InChI is InChI=1S/C51H92N22O10/c1-31(66-45(78)37(17-22-56)68-43(76)33(58)11-2-5-18-52)42(75)64-29-41(74)67-38(14-8-21-55)50(83)73-26-10-16-40(73)49(82)72-39(27-32-28-61-30-65-32)48(81)71-35(13-4-7-20-54)46(79)70-36(15-9-24-63-51(59)60)47(80)69-34(12-3-6-19-53)44(77)62-25-23-57/h15,28,30-31,33-35,37,39-40H,2-14,16-27,29,52-58H2,1H3,(H,61,65)(H,62,77)(H,64,75)(H,66,78)(H,68,76)(H,69,80)(H,70,79)(H,71,81)(H,72,82)(H4,59,60,63)/b36-15-,67-38?/t31-,33-,34-,35-,37-,39-,40-/m0/s1. The molecular formula is C51H92N22O10. The van der Waals surface area contributed by atoms with E-state index in [-0.39, 0.29) is 115 Å². The van der Waals surface area contributed by atoms with Gasteiger partial charge in [-0.3, -0.25) is 52.9 Å². The maximum atomic E-state index is 14.4. The molecule has 0 saturated carbocycles. The first-order valence-corrected chi connectivity index (χ1v) is 28.2. The number of aromatic nitrogens is 2. The van der Waals surface area contributed by atoms with Gasteiger partial charge in [-0.15, -0.1) is 0 Å². The average molecular weight is 1170 g/mol. The minimum absolute atomic E-state index is 0.0278. The fourth-order valence-electron chi connectivity index (χ4n) is 8.43. The molecule has 83 heavy (non-hydrogen) atoms. The first-order valence-electron chi connectivity index (χ1n) is 28.2. The van der Waals surface area contributed by atoms with Gasteiger partial charge in [-0.25, -0.2) is 9.98 Å². The zero-order valence-electron chi connectivity index (χ0n) is 47.7. The van der Waals surface area contributed by atoms with Crippen LogP contribution in [-0.4, -0.2) is 193 Å². The summed E-state index contributed by atoms with van der Waals surface area (Å²) in [5, 5.41) is 20.8. The fraction of sp³-hybridized carbons (Fsp3) is 0.667. The van der Waals surface area contributed by atoms with Crippen LogP contribution < -0.4 is 94.1 Å². The first kappa shape index (κ1) is 71.6. The molecule has 10 amide bonds. The number of guanidine groups is 1. The summed E-state index contributed by atoms with van der Waals surface area (Å²) in [6, 6.07) is -8.09. The van der Waals surface area contributed by atoms with Crippen molar-refractivity contribution in [3.63, 3.8) is 0 Å². The quantitative estimate of drug-likeness (QED) is 0.0125. The molecule has 0 spiro atoms. The largest absolute Gasteiger partial charge is 0.370 e. The van der Waals surface area contributed by atoms with Crippen LogP contribution in [0.15, 0.2) is 34.3 Å². The molecule has 7 atom stereocenters. The predicted octanol–water partition coefficient (Wildman–Crippen LogP) is -6.99. The summed E-state index contributed by atoms with van der Waals surface area (Å²) in [6.07, 6.45) is 8.46. The van der Waals surface area contributed by atoms with Crippen molar-refractivity contribution in [1.29, 1.82) is 0 Å². The minimum atomic E-state index is -1.38. The summed E-state index contributed by atoms with van der Waals surface area (Å²) < 4.78 is 0. The second-order valence-electron chi connectivity index (χ2n) is 19.8. The normalized spacial score (nSPS) is 15.5.